The molecule has 4 rings (SSSR count). The Hall–Kier alpha value is -3.02. The molecule has 2 aromatic carbocycles. The van der Waals surface area contributed by atoms with Gasteiger partial charge in [0.05, 0.1) is 11.7 Å². The summed E-state index contributed by atoms with van der Waals surface area (Å²) in [6, 6.07) is 15.9. The average Bonchev–Trinajstić information content (AvgIpc) is 3.34. The predicted octanol–water partition coefficient (Wildman–Crippen LogP) is 2.95. The number of carbonyl (C=O) groups excluding carboxylic acids is 1. The highest BCUT2D eigenvalue weighted by atomic mass is 16.2. The van der Waals surface area contributed by atoms with E-state index < -0.39 is 0 Å². The van der Waals surface area contributed by atoms with Gasteiger partial charge in [-0.1, -0.05) is 24.3 Å². The van der Waals surface area contributed by atoms with Gasteiger partial charge in [-0.25, -0.2) is 4.68 Å². The molecule has 0 N–H and O–H groups in total. The highest BCUT2D eigenvalue weighted by Crippen LogP contribution is 2.34. The largest absolute Gasteiger partial charge is 0.332 e. The first kappa shape index (κ1) is 15.5. The molecular formula is C19H19N5O. The van der Waals surface area contributed by atoms with Crippen LogP contribution in [0.15, 0.2) is 54.9 Å². The fourth-order valence-electron chi connectivity index (χ4n) is 3.50. The van der Waals surface area contributed by atoms with E-state index >= 15 is 0 Å². The van der Waals surface area contributed by atoms with Crippen LogP contribution >= 0.6 is 0 Å². The second-order valence-electron chi connectivity index (χ2n) is 6.31. The van der Waals surface area contributed by atoms with Crippen LogP contribution in [0.3, 0.4) is 0 Å². The normalized spacial score (nSPS) is 17.0. The molecule has 0 unspecified atom stereocenters. The SMILES string of the molecule is Cc1ccccc1[C@@H]1CCCN1C(=O)c1ccc(-n2cnnn2)cc1. The van der Waals surface area contributed by atoms with Crippen molar-refractivity contribution in [1.29, 1.82) is 0 Å². The van der Waals surface area contributed by atoms with Gasteiger partial charge in [-0.2, -0.15) is 0 Å². The summed E-state index contributed by atoms with van der Waals surface area (Å²) in [5, 5.41) is 11.1. The number of hydrogen-bond donors (Lipinski definition) is 0. The van der Waals surface area contributed by atoms with Crippen molar-refractivity contribution < 1.29 is 4.79 Å². The lowest BCUT2D eigenvalue weighted by Gasteiger charge is -2.26. The molecular weight excluding hydrogens is 314 g/mol. The van der Waals surface area contributed by atoms with Crippen LogP contribution in [0.4, 0.5) is 0 Å². The van der Waals surface area contributed by atoms with E-state index in [1.54, 1.807) is 4.68 Å². The first-order valence-corrected chi connectivity index (χ1v) is 8.44. The lowest BCUT2D eigenvalue weighted by atomic mass is 9.99. The van der Waals surface area contributed by atoms with Crippen molar-refractivity contribution in [3.05, 3.63) is 71.5 Å². The predicted molar refractivity (Wildman–Crippen MR) is 93.3 cm³/mol. The van der Waals surface area contributed by atoms with Crippen molar-refractivity contribution in [3.63, 3.8) is 0 Å². The third kappa shape index (κ3) is 2.91. The fraction of sp³-hybridized carbons (Fsp3) is 0.263. The standard InChI is InChI=1S/C19H19N5O/c1-14-5-2-3-6-17(14)18-7-4-12-23(18)19(25)15-8-10-16(11-9-15)24-13-20-21-22-24/h2-3,5-6,8-11,13,18H,4,7,12H2,1H3/t18-/m0/s1. The Morgan fingerprint density at radius 3 is 2.64 bits per heavy atom. The molecule has 6 nitrogen and oxygen atoms in total. The van der Waals surface area contributed by atoms with Crippen LogP contribution in [0.5, 0.6) is 0 Å². The summed E-state index contributed by atoms with van der Waals surface area (Å²) in [6.45, 7) is 2.91. The molecule has 25 heavy (non-hydrogen) atoms. The van der Waals surface area contributed by atoms with Crippen molar-refractivity contribution in [2.24, 2.45) is 0 Å². The summed E-state index contributed by atoms with van der Waals surface area (Å²) < 4.78 is 1.57. The van der Waals surface area contributed by atoms with Crippen LogP contribution in [-0.4, -0.2) is 37.6 Å². The van der Waals surface area contributed by atoms with Gasteiger partial charge in [-0.05, 0) is 65.6 Å². The van der Waals surface area contributed by atoms with Crippen LogP contribution < -0.4 is 0 Å². The highest BCUT2D eigenvalue weighted by Gasteiger charge is 2.31. The number of aromatic nitrogens is 4. The topological polar surface area (TPSA) is 63.9 Å². The van der Waals surface area contributed by atoms with Crippen molar-refractivity contribution in [2.75, 3.05) is 6.54 Å². The molecule has 1 aliphatic rings. The molecule has 0 bridgehead atoms. The van der Waals surface area contributed by atoms with E-state index in [1.807, 2.05) is 41.3 Å². The number of benzene rings is 2. The minimum absolute atomic E-state index is 0.0778. The van der Waals surface area contributed by atoms with Gasteiger partial charge in [0, 0.05) is 12.1 Å². The smallest absolute Gasteiger partial charge is 0.254 e. The zero-order valence-corrected chi connectivity index (χ0v) is 14.0. The zero-order chi connectivity index (χ0) is 17.2. The first-order valence-electron chi connectivity index (χ1n) is 8.44. The van der Waals surface area contributed by atoms with Crippen molar-refractivity contribution in [2.45, 2.75) is 25.8 Å². The number of aryl methyl sites for hydroxylation is 1. The molecule has 0 aliphatic carbocycles. The monoisotopic (exact) mass is 333 g/mol. The lowest BCUT2D eigenvalue weighted by molar-refractivity contribution is 0.0735. The average molecular weight is 333 g/mol. The molecule has 0 spiro atoms. The number of nitrogens with zero attached hydrogens (tertiary/aromatic N) is 5. The van der Waals surface area contributed by atoms with E-state index in [1.165, 1.54) is 17.5 Å². The maximum Gasteiger partial charge on any atom is 0.254 e. The molecule has 1 saturated heterocycles. The Balaban J connectivity index is 1.58. The van der Waals surface area contributed by atoms with E-state index in [4.69, 9.17) is 0 Å². The van der Waals surface area contributed by atoms with Crippen LogP contribution in [-0.2, 0) is 0 Å². The van der Waals surface area contributed by atoms with E-state index in [2.05, 4.69) is 34.6 Å². The van der Waals surface area contributed by atoms with E-state index in [-0.39, 0.29) is 11.9 Å². The molecule has 1 atom stereocenters. The molecule has 6 heteroatoms. The van der Waals surface area contributed by atoms with Crippen molar-refractivity contribution in [3.8, 4) is 5.69 Å². The maximum absolute atomic E-state index is 13.0. The second-order valence-corrected chi connectivity index (χ2v) is 6.31. The molecule has 1 amide bonds. The van der Waals surface area contributed by atoms with Gasteiger partial charge in [0.1, 0.15) is 6.33 Å². The Morgan fingerprint density at radius 2 is 1.92 bits per heavy atom. The number of rotatable bonds is 3. The third-order valence-corrected chi connectivity index (χ3v) is 4.79. The molecule has 3 aromatic rings. The van der Waals surface area contributed by atoms with Crippen molar-refractivity contribution >= 4 is 5.91 Å². The summed E-state index contributed by atoms with van der Waals surface area (Å²) in [5.41, 5.74) is 4.01. The van der Waals surface area contributed by atoms with Crippen LogP contribution in [0.25, 0.3) is 5.69 Å². The Kier molecular flexibility index (Phi) is 4.01. The molecule has 2 heterocycles. The summed E-state index contributed by atoms with van der Waals surface area (Å²) in [6.07, 6.45) is 3.58. The molecule has 1 fully saturated rings. The number of tetrazole rings is 1. The summed E-state index contributed by atoms with van der Waals surface area (Å²) in [5.74, 6) is 0.0778. The summed E-state index contributed by atoms with van der Waals surface area (Å²) in [4.78, 5) is 15.0. The molecule has 126 valence electrons. The Bertz CT molecular complexity index is 873. The quantitative estimate of drug-likeness (QED) is 0.739. The molecule has 1 aliphatic heterocycles. The lowest BCUT2D eigenvalue weighted by Crippen LogP contribution is -2.30. The van der Waals surface area contributed by atoms with E-state index in [0.717, 1.165) is 25.1 Å². The van der Waals surface area contributed by atoms with Gasteiger partial charge in [0.15, 0.2) is 0 Å². The van der Waals surface area contributed by atoms with Crippen LogP contribution in [0.2, 0.25) is 0 Å². The van der Waals surface area contributed by atoms with Crippen LogP contribution in [0, 0.1) is 6.92 Å². The van der Waals surface area contributed by atoms with Crippen molar-refractivity contribution in [1.82, 2.24) is 25.1 Å². The number of likely N-dealkylation sites (tertiary alicyclic amines) is 1. The number of hydrogen-bond acceptors (Lipinski definition) is 4. The Labute approximate surface area is 146 Å². The number of amides is 1. The van der Waals surface area contributed by atoms with Gasteiger partial charge >= 0.3 is 0 Å². The fourth-order valence-corrected chi connectivity index (χ4v) is 3.50. The zero-order valence-electron chi connectivity index (χ0n) is 14.0. The summed E-state index contributed by atoms with van der Waals surface area (Å²) >= 11 is 0. The number of carbonyl (C=O) groups is 1. The first-order chi connectivity index (χ1) is 12.2. The third-order valence-electron chi connectivity index (χ3n) is 4.79. The van der Waals surface area contributed by atoms with E-state index in [0.29, 0.717) is 5.56 Å². The van der Waals surface area contributed by atoms with Gasteiger partial charge < -0.3 is 4.90 Å². The molecule has 0 saturated carbocycles. The minimum atomic E-state index is 0.0778. The Morgan fingerprint density at radius 1 is 1.12 bits per heavy atom. The summed E-state index contributed by atoms with van der Waals surface area (Å²) in [7, 11) is 0. The highest BCUT2D eigenvalue weighted by molar-refractivity contribution is 5.94. The van der Waals surface area contributed by atoms with Gasteiger partial charge in [0.25, 0.3) is 5.91 Å². The molecule has 0 radical (unpaired) electrons. The van der Waals surface area contributed by atoms with Crippen LogP contribution in [0.1, 0.15) is 40.4 Å². The van der Waals surface area contributed by atoms with Gasteiger partial charge in [0.2, 0.25) is 0 Å². The minimum Gasteiger partial charge on any atom is -0.332 e. The molecule has 1 aromatic heterocycles. The maximum atomic E-state index is 13.0. The van der Waals surface area contributed by atoms with E-state index in [9.17, 15) is 4.79 Å². The second kappa shape index (κ2) is 6.47. The van der Waals surface area contributed by atoms with Gasteiger partial charge in [-0.15, -0.1) is 5.10 Å². The van der Waals surface area contributed by atoms with Gasteiger partial charge in [-0.3, -0.25) is 4.79 Å².